The lowest BCUT2D eigenvalue weighted by atomic mass is 9.89. The number of halogens is 1. The molecule has 1 heterocycles. The Morgan fingerprint density at radius 1 is 0.974 bits per heavy atom. The Bertz CT molecular complexity index is 1320. The van der Waals surface area contributed by atoms with Crippen LogP contribution in [0.25, 0.3) is 0 Å². The molecule has 2 amide bonds. The SMILES string of the molecule is COc1ccc(N(CCN2CCC(C(=O)c3ccc(F)cc3)CC2)C(=O)c2ccc(NC(C)=O)c(C)c2)cc1. The van der Waals surface area contributed by atoms with Gasteiger partial charge in [0, 0.05) is 48.4 Å². The summed E-state index contributed by atoms with van der Waals surface area (Å²) in [5.74, 6) is 0.0174. The number of benzene rings is 3. The molecule has 8 heteroatoms. The van der Waals surface area contributed by atoms with Crippen LogP contribution in [-0.4, -0.2) is 55.8 Å². The second-order valence-electron chi connectivity index (χ2n) is 9.85. The minimum absolute atomic E-state index is 0.0581. The van der Waals surface area contributed by atoms with E-state index in [4.69, 9.17) is 4.74 Å². The van der Waals surface area contributed by atoms with Crippen LogP contribution in [0.4, 0.5) is 15.8 Å². The molecule has 4 rings (SSSR count). The summed E-state index contributed by atoms with van der Waals surface area (Å²) in [6.45, 7) is 5.91. The number of ether oxygens (including phenoxy) is 1. The molecule has 0 radical (unpaired) electrons. The number of aryl methyl sites for hydroxylation is 1. The number of amides is 2. The third-order valence-electron chi connectivity index (χ3n) is 7.14. The van der Waals surface area contributed by atoms with E-state index in [1.807, 2.05) is 31.2 Å². The van der Waals surface area contributed by atoms with Crippen LogP contribution >= 0.6 is 0 Å². The number of rotatable bonds is 9. The molecule has 1 aliphatic heterocycles. The predicted octanol–water partition coefficient (Wildman–Crippen LogP) is 5.34. The molecule has 1 aliphatic rings. The molecular formula is C31H34FN3O4. The largest absolute Gasteiger partial charge is 0.497 e. The molecule has 3 aromatic carbocycles. The molecule has 0 saturated carbocycles. The van der Waals surface area contributed by atoms with Gasteiger partial charge in [-0.15, -0.1) is 0 Å². The number of anilines is 2. The maximum absolute atomic E-state index is 13.7. The number of piperidine rings is 1. The first-order valence-electron chi connectivity index (χ1n) is 13.1. The van der Waals surface area contributed by atoms with Gasteiger partial charge in [0.25, 0.3) is 5.91 Å². The molecule has 1 N–H and O–H groups in total. The van der Waals surface area contributed by atoms with E-state index in [0.29, 0.717) is 35.7 Å². The highest BCUT2D eigenvalue weighted by atomic mass is 19.1. The summed E-state index contributed by atoms with van der Waals surface area (Å²) in [7, 11) is 1.60. The van der Waals surface area contributed by atoms with E-state index in [1.54, 1.807) is 42.3 Å². The predicted molar refractivity (Wildman–Crippen MR) is 150 cm³/mol. The van der Waals surface area contributed by atoms with Crippen LogP contribution in [0.15, 0.2) is 66.7 Å². The Hall–Kier alpha value is -4.04. The quantitative estimate of drug-likeness (QED) is 0.377. The van der Waals surface area contributed by atoms with Crippen molar-refractivity contribution in [3.63, 3.8) is 0 Å². The van der Waals surface area contributed by atoms with Crippen molar-refractivity contribution in [3.8, 4) is 5.75 Å². The summed E-state index contributed by atoms with van der Waals surface area (Å²) in [5.41, 5.74) is 3.31. The van der Waals surface area contributed by atoms with Crippen LogP contribution in [0.5, 0.6) is 5.75 Å². The fourth-order valence-electron chi connectivity index (χ4n) is 4.90. The standard InChI is InChI=1S/C31H34FN3O4/c1-21-20-25(6-13-29(21)33-22(2)36)31(38)35(27-9-11-28(39-3)12-10-27)19-18-34-16-14-24(15-17-34)30(37)23-4-7-26(32)8-5-23/h4-13,20,24H,14-19H2,1-3H3,(H,33,36). The summed E-state index contributed by atoms with van der Waals surface area (Å²) in [5, 5.41) is 2.78. The summed E-state index contributed by atoms with van der Waals surface area (Å²) >= 11 is 0. The van der Waals surface area contributed by atoms with Crippen molar-refractivity contribution in [2.24, 2.45) is 5.92 Å². The number of methoxy groups -OCH3 is 1. The summed E-state index contributed by atoms with van der Waals surface area (Å²) in [6.07, 6.45) is 1.44. The Morgan fingerprint density at radius 3 is 2.21 bits per heavy atom. The van der Waals surface area contributed by atoms with Crippen molar-refractivity contribution in [2.45, 2.75) is 26.7 Å². The minimum atomic E-state index is -0.351. The maximum Gasteiger partial charge on any atom is 0.258 e. The van der Waals surface area contributed by atoms with E-state index < -0.39 is 0 Å². The molecule has 0 spiro atoms. The smallest absolute Gasteiger partial charge is 0.258 e. The van der Waals surface area contributed by atoms with Crippen LogP contribution < -0.4 is 15.0 Å². The highest BCUT2D eigenvalue weighted by Gasteiger charge is 2.27. The molecule has 0 unspecified atom stereocenters. The van der Waals surface area contributed by atoms with Crippen LogP contribution in [0.1, 0.15) is 46.0 Å². The molecular weight excluding hydrogens is 497 g/mol. The Labute approximate surface area is 228 Å². The third kappa shape index (κ3) is 7.09. The Morgan fingerprint density at radius 2 is 1.62 bits per heavy atom. The number of nitrogens with one attached hydrogen (secondary N) is 1. The van der Waals surface area contributed by atoms with Gasteiger partial charge in [-0.3, -0.25) is 14.4 Å². The van der Waals surface area contributed by atoms with E-state index in [1.165, 1.54) is 19.1 Å². The zero-order valence-electron chi connectivity index (χ0n) is 22.6. The van der Waals surface area contributed by atoms with Crippen molar-refractivity contribution in [3.05, 3.63) is 89.2 Å². The van der Waals surface area contributed by atoms with Crippen molar-refractivity contribution in [1.82, 2.24) is 4.90 Å². The normalized spacial score (nSPS) is 14.1. The number of nitrogens with zero attached hydrogens (tertiary/aromatic N) is 2. The van der Waals surface area contributed by atoms with Gasteiger partial charge < -0.3 is 19.9 Å². The minimum Gasteiger partial charge on any atom is -0.497 e. The monoisotopic (exact) mass is 531 g/mol. The fraction of sp³-hybridized carbons (Fsp3) is 0.323. The lowest BCUT2D eigenvalue weighted by Gasteiger charge is -2.33. The molecule has 0 atom stereocenters. The van der Waals surface area contributed by atoms with Gasteiger partial charge >= 0.3 is 0 Å². The number of carbonyl (C=O) groups excluding carboxylic acids is 3. The molecule has 1 fully saturated rings. The topological polar surface area (TPSA) is 79.0 Å². The summed E-state index contributed by atoms with van der Waals surface area (Å²) < 4.78 is 18.5. The second kappa shape index (κ2) is 12.7. The summed E-state index contributed by atoms with van der Waals surface area (Å²) in [4.78, 5) is 42.0. The van der Waals surface area contributed by atoms with Gasteiger partial charge in [0.2, 0.25) is 5.91 Å². The summed E-state index contributed by atoms with van der Waals surface area (Å²) in [6, 6.07) is 18.4. The zero-order valence-corrected chi connectivity index (χ0v) is 22.6. The maximum atomic E-state index is 13.7. The van der Waals surface area contributed by atoms with Crippen LogP contribution in [0, 0.1) is 18.7 Å². The van der Waals surface area contributed by atoms with Crippen LogP contribution in [0.3, 0.4) is 0 Å². The van der Waals surface area contributed by atoms with Crippen molar-refractivity contribution >= 4 is 29.0 Å². The van der Waals surface area contributed by atoms with Gasteiger partial charge in [-0.25, -0.2) is 4.39 Å². The Balaban J connectivity index is 1.44. The van der Waals surface area contributed by atoms with E-state index in [0.717, 1.165) is 37.2 Å². The molecule has 3 aromatic rings. The molecule has 0 aliphatic carbocycles. The molecule has 0 bridgehead atoms. The number of ketones is 1. The number of hydrogen-bond donors (Lipinski definition) is 1. The highest BCUT2D eigenvalue weighted by Crippen LogP contribution is 2.25. The van der Waals surface area contributed by atoms with E-state index >= 15 is 0 Å². The third-order valence-corrected chi connectivity index (χ3v) is 7.14. The van der Waals surface area contributed by atoms with E-state index in [9.17, 15) is 18.8 Å². The average Bonchev–Trinajstić information content (AvgIpc) is 2.94. The number of likely N-dealkylation sites (tertiary alicyclic amines) is 1. The first kappa shape index (κ1) is 28.0. The van der Waals surface area contributed by atoms with E-state index in [-0.39, 0.29) is 29.3 Å². The molecule has 7 nitrogen and oxygen atoms in total. The first-order chi connectivity index (χ1) is 18.7. The molecule has 1 saturated heterocycles. The number of hydrogen-bond acceptors (Lipinski definition) is 5. The van der Waals surface area contributed by atoms with Gasteiger partial charge in [0.1, 0.15) is 11.6 Å². The lowest BCUT2D eigenvalue weighted by Crippen LogP contribution is -2.43. The number of Topliss-reactive ketones (excluding diaryl/α,β-unsaturated/α-hetero) is 1. The van der Waals surface area contributed by atoms with Crippen molar-refractivity contribution < 1.29 is 23.5 Å². The lowest BCUT2D eigenvalue weighted by molar-refractivity contribution is -0.114. The average molecular weight is 532 g/mol. The molecule has 0 aromatic heterocycles. The zero-order chi connectivity index (χ0) is 27.9. The first-order valence-corrected chi connectivity index (χ1v) is 13.1. The van der Waals surface area contributed by atoms with E-state index in [2.05, 4.69) is 10.2 Å². The highest BCUT2D eigenvalue weighted by molar-refractivity contribution is 6.06. The Kier molecular flexibility index (Phi) is 9.09. The van der Waals surface area contributed by atoms with Crippen molar-refractivity contribution in [1.29, 1.82) is 0 Å². The molecule has 39 heavy (non-hydrogen) atoms. The van der Waals surface area contributed by atoms with Gasteiger partial charge in [-0.1, -0.05) is 0 Å². The van der Waals surface area contributed by atoms with Gasteiger partial charge in [-0.2, -0.15) is 0 Å². The van der Waals surface area contributed by atoms with Crippen LogP contribution in [0.2, 0.25) is 0 Å². The number of carbonyl (C=O) groups is 3. The molecule has 204 valence electrons. The van der Waals surface area contributed by atoms with Gasteiger partial charge in [0.05, 0.1) is 7.11 Å². The van der Waals surface area contributed by atoms with Crippen LogP contribution in [-0.2, 0) is 4.79 Å². The second-order valence-corrected chi connectivity index (χ2v) is 9.85. The van der Waals surface area contributed by atoms with Gasteiger partial charge in [-0.05, 0) is 105 Å². The fourth-order valence-corrected chi connectivity index (χ4v) is 4.90. The van der Waals surface area contributed by atoms with Gasteiger partial charge in [0.15, 0.2) is 5.78 Å². The van der Waals surface area contributed by atoms with Crippen molar-refractivity contribution in [2.75, 3.05) is 43.5 Å².